The van der Waals surface area contributed by atoms with Gasteiger partial charge in [0.25, 0.3) is 5.56 Å². The summed E-state index contributed by atoms with van der Waals surface area (Å²) >= 11 is 13.5. The van der Waals surface area contributed by atoms with Crippen LogP contribution in [0, 0.1) is 0 Å². The van der Waals surface area contributed by atoms with E-state index in [0.717, 1.165) is 15.8 Å². The van der Waals surface area contributed by atoms with Gasteiger partial charge in [-0.15, -0.1) is 11.3 Å². The highest BCUT2D eigenvalue weighted by Gasteiger charge is 2.26. The van der Waals surface area contributed by atoms with Gasteiger partial charge in [0.05, 0.1) is 22.0 Å². The number of pyridine rings is 1. The van der Waals surface area contributed by atoms with Crippen LogP contribution >= 0.6 is 34.5 Å². The molecule has 1 aliphatic rings. The van der Waals surface area contributed by atoms with Gasteiger partial charge in [0.15, 0.2) is 0 Å². The third kappa shape index (κ3) is 3.49. The summed E-state index contributed by atoms with van der Waals surface area (Å²) in [6.07, 6.45) is 0.984. The fourth-order valence-electron chi connectivity index (χ4n) is 3.28. The Bertz CT molecular complexity index is 1090. The van der Waals surface area contributed by atoms with Gasteiger partial charge < -0.3 is 9.47 Å². The minimum atomic E-state index is -0.980. The zero-order valence-corrected chi connectivity index (χ0v) is 16.5. The molecule has 140 valence electrons. The molecule has 0 saturated carbocycles. The van der Waals surface area contributed by atoms with Crippen molar-refractivity contribution in [1.82, 2.24) is 9.47 Å². The number of likely N-dealkylation sites (tertiary alicyclic amines) is 1. The van der Waals surface area contributed by atoms with E-state index in [9.17, 15) is 14.0 Å². The molecule has 1 aromatic carbocycles. The van der Waals surface area contributed by atoms with E-state index in [4.69, 9.17) is 23.2 Å². The average Bonchev–Trinajstić information content (AvgIpc) is 3.26. The van der Waals surface area contributed by atoms with Crippen LogP contribution in [0.15, 0.2) is 40.6 Å². The Morgan fingerprint density at radius 3 is 2.78 bits per heavy atom. The third-order valence-electron chi connectivity index (χ3n) is 4.72. The predicted molar refractivity (Wildman–Crippen MR) is 108 cm³/mol. The molecule has 0 aliphatic carbocycles. The molecule has 2 aromatic heterocycles. The van der Waals surface area contributed by atoms with Crippen LogP contribution in [0.3, 0.4) is 0 Å². The molecule has 0 spiro atoms. The monoisotopic (exact) mass is 424 g/mol. The fraction of sp³-hybridized carbons (Fsp3) is 0.263. The first-order valence-corrected chi connectivity index (χ1v) is 10.1. The van der Waals surface area contributed by atoms with Gasteiger partial charge in [0.2, 0.25) is 5.91 Å². The Balaban J connectivity index is 1.72. The lowest BCUT2D eigenvalue weighted by atomic mass is 10.1. The molecule has 1 amide bonds. The summed E-state index contributed by atoms with van der Waals surface area (Å²) in [6, 6.07) is 7.04. The largest absolute Gasteiger partial charge is 0.338 e. The molecule has 0 bridgehead atoms. The molecule has 1 aliphatic heterocycles. The van der Waals surface area contributed by atoms with E-state index in [1.165, 1.54) is 20.8 Å². The van der Waals surface area contributed by atoms with Crippen molar-refractivity contribution in [1.29, 1.82) is 0 Å². The number of carbonyl (C=O) groups is 1. The number of nitrogens with zero attached hydrogens (tertiary/aromatic N) is 2. The maximum Gasteiger partial charge on any atom is 0.260 e. The number of hydrogen-bond acceptors (Lipinski definition) is 3. The molecule has 0 N–H and O–H groups in total. The summed E-state index contributed by atoms with van der Waals surface area (Å²) in [5.74, 6) is -0.247. The molecular weight excluding hydrogens is 410 g/mol. The van der Waals surface area contributed by atoms with Crippen LogP contribution in [0.5, 0.6) is 0 Å². The van der Waals surface area contributed by atoms with Crippen molar-refractivity contribution in [2.75, 3.05) is 13.1 Å². The molecule has 1 atom stereocenters. The Kier molecular flexibility index (Phi) is 4.97. The first-order valence-electron chi connectivity index (χ1n) is 8.42. The second-order valence-corrected chi connectivity index (χ2v) is 8.22. The Labute approximate surface area is 168 Å². The van der Waals surface area contributed by atoms with Gasteiger partial charge >= 0.3 is 0 Å². The van der Waals surface area contributed by atoms with Gasteiger partial charge in [0.1, 0.15) is 12.7 Å². The van der Waals surface area contributed by atoms with E-state index in [2.05, 4.69) is 0 Å². The highest BCUT2D eigenvalue weighted by Crippen LogP contribution is 2.34. The summed E-state index contributed by atoms with van der Waals surface area (Å²) in [7, 11) is 0. The molecule has 4 nitrogen and oxygen atoms in total. The summed E-state index contributed by atoms with van der Waals surface area (Å²) in [5.41, 5.74) is 1.29. The molecule has 4 rings (SSSR count). The Hall–Kier alpha value is -1.89. The summed E-state index contributed by atoms with van der Waals surface area (Å²) < 4.78 is 15.5. The standard InChI is InChI=1S/C19H15Cl2FN2O2S/c20-14-2-1-11(7-15(14)21)13-10-27-16-4-6-24(19(26)18(13)16)9-17(25)23-5-3-12(22)8-23/h1-2,4,6-7,10,12H,3,5,8-9H2/t12-/m0/s1. The summed E-state index contributed by atoms with van der Waals surface area (Å²) in [5, 5.41) is 3.29. The predicted octanol–water partition coefficient (Wildman–Crippen LogP) is 4.61. The zero-order chi connectivity index (χ0) is 19.1. The molecule has 1 saturated heterocycles. The number of aromatic nitrogens is 1. The number of rotatable bonds is 3. The Morgan fingerprint density at radius 2 is 2.07 bits per heavy atom. The second-order valence-electron chi connectivity index (χ2n) is 6.49. The first kappa shape index (κ1) is 18.5. The summed E-state index contributed by atoms with van der Waals surface area (Å²) in [4.78, 5) is 26.9. The fourth-order valence-corrected chi connectivity index (χ4v) is 4.53. The lowest BCUT2D eigenvalue weighted by Gasteiger charge is -2.16. The number of thiophene rings is 1. The van der Waals surface area contributed by atoms with E-state index in [1.807, 2.05) is 17.5 Å². The van der Waals surface area contributed by atoms with Crippen LogP contribution in [-0.4, -0.2) is 34.6 Å². The van der Waals surface area contributed by atoms with E-state index >= 15 is 0 Å². The van der Waals surface area contributed by atoms with Crippen molar-refractivity contribution in [3.8, 4) is 11.1 Å². The van der Waals surface area contributed by atoms with Gasteiger partial charge in [-0.05, 0) is 30.2 Å². The van der Waals surface area contributed by atoms with Crippen molar-refractivity contribution in [2.24, 2.45) is 0 Å². The van der Waals surface area contributed by atoms with E-state index in [-0.39, 0.29) is 24.6 Å². The van der Waals surface area contributed by atoms with Gasteiger partial charge in [-0.25, -0.2) is 4.39 Å². The van der Waals surface area contributed by atoms with Crippen LogP contribution in [0.2, 0.25) is 10.0 Å². The number of fused-ring (bicyclic) bond motifs is 1. The molecule has 3 heterocycles. The van der Waals surface area contributed by atoms with Crippen LogP contribution in [0.4, 0.5) is 4.39 Å². The van der Waals surface area contributed by atoms with Gasteiger partial charge in [0, 0.05) is 28.4 Å². The minimum Gasteiger partial charge on any atom is -0.338 e. The number of carbonyl (C=O) groups excluding carboxylic acids is 1. The van der Waals surface area contributed by atoms with E-state index in [1.54, 1.807) is 18.3 Å². The van der Waals surface area contributed by atoms with E-state index in [0.29, 0.717) is 28.4 Å². The van der Waals surface area contributed by atoms with Crippen molar-refractivity contribution in [3.63, 3.8) is 0 Å². The third-order valence-corrected chi connectivity index (χ3v) is 6.41. The van der Waals surface area contributed by atoms with Crippen molar-refractivity contribution in [2.45, 2.75) is 19.1 Å². The molecule has 8 heteroatoms. The zero-order valence-electron chi connectivity index (χ0n) is 14.1. The van der Waals surface area contributed by atoms with Crippen LogP contribution in [0.1, 0.15) is 6.42 Å². The first-order chi connectivity index (χ1) is 12.9. The van der Waals surface area contributed by atoms with Crippen LogP contribution in [0.25, 0.3) is 21.2 Å². The number of benzene rings is 1. The lowest BCUT2D eigenvalue weighted by molar-refractivity contribution is -0.131. The smallest absolute Gasteiger partial charge is 0.260 e. The molecule has 0 unspecified atom stereocenters. The van der Waals surface area contributed by atoms with Crippen molar-refractivity contribution in [3.05, 3.63) is 56.2 Å². The average molecular weight is 425 g/mol. The van der Waals surface area contributed by atoms with Crippen LogP contribution in [-0.2, 0) is 11.3 Å². The number of amides is 1. The molecule has 1 fully saturated rings. The summed E-state index contributed by atoms with van der Waals surface area (Å²) in [6.45, 7) is 0.394. The topological polar surface area (TPSA) is 42.3 Å². The normalized spacial score (nSPS) is 17.0. The van der Waals surface area contributed by atoms with Gasteiger partial charge in [-0.1, -0.05) is 29.3 Å². The van der Waals surface area contributed by atoms with Crippen LogP contribution < -0.4 is 5.56 Å². The molecule has 3 aromatic rings. The van der Waals surface area contributed by atoms with Gasteiger partial charge in [-0.2, -0.15) is 0 Å². The highest BCUT2D eigenvalue weighted by atomic mass is 35.5. The number of hydrogen-bond donors (Lipinski definition) is 0. The maximum atomic E-state index is 13.3. The van der Waals surface area contributed by atoms with Crippen molar-refractivity contribution >= 4 is 50.5 Å². The molecule has 0 radical (unpaired) electrons. The van der Waals surface area contributed by atoms with E-state index < -0.39 is 6.17 Å². The minimum absolute atomic E-state index is 0.0991. The number of halogens is 3. The SMILES string of the molecule is O=C(Cn1ccc2scc(-c3ccc(Cl)c(Cl)c3)c2c1=O)N1CC[C@H](F)C1. The molecular formula is C19H15Cl2FN2O2S. The maximum absolute atomic E-state index is 13.3. The second kappa shape index (κ2) is 7.26. The quantitative estimate of drug-likeness (QED) is 0.615. The number of alkyl halides is 1. The van der Waals surface area contributed by atoms with Crippen molar-refractivity contribution < 1.29 is 9.18 Å². The highest BCUT2D eigenvalue weighted by molar-refractivity contribution is 7.17. The lowest BCUT2D eigenvalue weighted by Crippen LogP contribution is -2.35. The Morgan fingerprint density at radius 1 is 1.26 bits per heavy atom. The van der Waals surface area contributed by atoms with Gasteiger partial charge in [-0.3, -0.25) is 9.59 Å². The molecule has 27 heavy (non-hydrogen) atoms.